The van der Waals surface area contributed by atoms with Gasteiger partial charge in [-0.2, -0.15) is 10.2 Å². The monoisotopic (exact) mass is 338 g/mol. The van der Waals surface area contributed by atoms with Crippen molar-refractivity contribution in [1.29, 1.82) is 0 Å². The largest absolute Gasteiger partial charge is 0.331 e. The zero-order valence-electron chi connectivity index (χ0n) is 14.8. The minimum atomic E-state index is -0.257. The molecule has 2 aromatic heterocycles. The molecule has 0 spiro atoms. The van der Waals surface area contributed by atoms with E-state index in [-0.39, 0.29) is 12.1 Å². The molecule has 0 saturated heterocycles. The molecule has 2 N–H and O–H groups in total. The molecule has 1 atom stereocenters. The summed E-state index contributed by atoms with van der Waals surface area (Å²) in [4.78, 5) is 12.4. The lowest BCUT2D eigenvalue weighted by atomic mass is 10.1. The van der Waals surface area contributed by atoms with Gasteiger partial charge in [-0.25, -0.2) is 9.48 Å². The molecule has 0 aliphatic heterocycles. The number of rotatable bonds is 4. The molecule has 3 aromatic rings. The molecule has 2 amide bonds. The third kappa shape index (κ3) is 3.55. The summed E-state index contributed by atoms with van der Waals surface area (Å²) in [5.74, 6) is 0. The summed E-state index contributed by atoms with van der Waals surface area (Å²) in [5.41, 5.74) is 4.61. The summed E-state index contributed by atoms with van der Waals surface area (Å²) in [6.07, 6.45) is 3.57. The third-order valence-corrected chi connectivity index (χ3v) is 4.22. The second kappa shape index (κ2) is 6.80. The SMILES string of the molecule is Cc1nn(C)c(C)c1[C@@H](C)NC(=O)Nc1cccc(-n2cccn2)c1. The van der Waals surface area contributed by atoms with Crippen molar-refractivity contribution in [2.75, 3.05) is 5.32 Å². The third-order valence-electron chi connectivity index (χ3n) is 4.22. The maximum Gasteiger partial charge on any atom is 0.319 e. The molecule has 0 bridgehead atoms. The quantitative estimate of drug-likeness (QED) is 0.767. The molecule has 0 fully saturated rings. The van der Waals surface area contributed by atoms with Gasteiger partial charge in [0.05, 0.1) is 17.4 Å². The van der Waals surface area contributed by atoms with E-state index in [0.717, 1.165) is 22.6 Å². The van der Waals surface area contributed by atoms with Crippen molar-refractivity contribution in [1.82, 2.24) is 24.9 Å². The normalized spacial score (nSPS) is 12.0. The van der Waals surface area contributed by atoms with E-state index < -0.39 is 0 Å². The summed E-state index contributed by atoms with van der Waals surface area (Å²) in [7, 11) is 1.90. The van der Waals surface area contributed by atoms with Crippen molar-refractivity contribution >= 4 is 11.7 Å². The Morgan fingerprint density at radius 3 is 2.68 bits per heavy atom. The number of anilines is 1. The molecular weight excluding hydrogens is 316 g/mol. The molecule has 2 heterocycles. The lowest BCUT2D eigenvalue weighted by Gasteiger charge is -2.16. The predicted octanol–water partition coefficient (Wildman–Crippen LogP) is 3.11. The fourth-order valence-corrected chi connectivity index (χ4v) is 3.00. The van der Waals surface area contributed by atoms with Crippen LogP contribution in [0.5, 0.6) is 0 Å². The van der Waals surface area contributed by atoms with E-state index in [9.17, 15) is 4.79 Å². The van der Waals surface area contributed by atoms with Gasteiger partial charge in [-0.3, -0.25) is 4.68 Å². The standard InChI is InChI=1S/C18H22N6O/c1-12(17-13(2)22-23(4)14(17)3)20-18(25)21-15-7-5-8-16(11-15)24-10-6-9-19-24/h5-12H,1-4H3,(H2,20,21,25)/t12-/m1/s1. The van der Waals surface area contributed by atoms with Crippen molar-refractivity contribution < 1.29 is 4.79 Å². The second-order valence-electron chi connectivity index (χ2n) is 6.03. The highest BCUT2D eigenvalue weighted by atomic mass is 16.2. The highest BCUT2D eigenvalue weighted by molar-refractivity contribution is 5.89. The Balaban J connectivity index is 1.69. The van der Waals surface area contributed by atoms with Crippen LogP contribution in [0.2, 0.25) is 0 Å². The molecule has 0 aliphatic carbocycles. The number of aromatic nitrogens is 4. The number of benzene rings is 1. The smallest absolute Gasteiger partial charge is 0.319 e. The fourth-order valence-electron chi connectivity index (χ4n) is 3.00. The van der Waals surface area contributed by atoms with Gasteiger partial charge in [-0.05, 0) is 45.0 Å². The number of hydrogen-bond acceptors (Lipinski definition) is 3. The number of nitrogens with one attached hydrogen (secondary N) is 2. The van der Waals surface area contributed by atoms with Gasteiger partial charge in [0.15, 0.2) is 0 Å². The molecule has 0 saturated carbocycles. The molecule has 7 nitrogen and oxygen atoms in total. The highest BCUT2D eigenvalue weighted by Gasteiger charge is 2.18. The summed E-state index contributed by atoms with van der Waals surface area (Å²) in [5, 5.41) is 14.4. The molecule has 0 unspecified atom stereocenters. The Morgan fingerprint density at radius 1 is 1.24 bits per heavy atom. The first kappa shape index (κ1) is 16.8. The number of hydrogen-bond donors (Lipinski definition) is 2. The Labute approximate surface area is 146 Å². The maximum atomic E-state index is 12.4. The van der Waals surface area contributed by atoms with Crippen LogP contribution in [0.15, 0.2) is 42.7 Å². The number of carbonyl (C=O) groups is 1. The number of carbonyl (C=O) groups excluding carboxylic acids is 1. The average Bonchev–Trinajstić information content (AvgIpc) is 3.16. The summed E-state index contributed by atoms with van der Waals surface area (Å²) in [6, 6.07) is 8.99. The van der Waals surface area contributed by atoms with Crippen molar-refractivity contribution in [3.05, 3.63) is 59.7 Å². The summed E-state index contributed by atoms with van der Waals surface area (Å²) >= 11 is 0. The molecule has 25 heavy (non-hydrogen) atoms. The molecule has 7 heteroatoms. The highest BCUT2D eigenvalue weighted by Crippen LogP contribution is 2.21. The van der Waals surface area contributed by atoms with E-state index in [1.807, 2.05) is 69.0 Å². The molecule has 0 aliphatic rings. The average molecular weight is 338 g/mol. The van der Waals surface area contributed by atoms with Gasteiger partial charge >= 0.3 is 6.03 Å². The van der Waals surface area contributed by atoms with Crippen LogP contribution in [-0.4, -0.2) is 25.6 Å². The zero-order chi connectivity index (χ0) is 18.0. The van der Waals surface area contributed by atoms with Gasteiger partial charge in [0.1, 0.15) is 0 Å². The van der Waals surface area contributed by atoms with E-state index >= 15 is 0 Å². The van der Waals surface area contributed by atoms with Crippen molar-refractivity contribution in [2.45, 2.75) is 26.8 Å². The van der Waals surface area contributed by atoms with Crippen LogP contribution in [0.25, 0.3) is 5.69 Å². The van der Waals surface area contributed by atoms with E-state index in [0.29, 0.717) is 5.69 Å². The number of nitrogens with zero attached hydrogens (tertiary/aromatic N) is 4. The van der Waals surface area contributed by atoms with Gasteiger partial charge < -0.3 is 10.6 Å². The lowest BCUT2D eigenvalue weighted by molar-refractivity contribution is 0.249. The van der Waals surface area contributed by atoms with Gasteiger partial charge in [0.25, 0.3) is 0 Å². The maximum absolute atomic E-state index is 12.4. The first-order valence-corrected chi connectivity index (χ1v) is 8.13. The Hall–Kier alpha value is -3.09. The van der Waals surface area contributed by atoms with E-state index in [1.165, 1.54) is 0 Å². The minimum absolute atomic E-state index is 0.136. The van der Waals surface area contributed by atoms with Crippen molar-refractivity contribution in [3.8, 4) is 5.69 Å². The second-order valence-corrected chi connectivity index (χ2v) is 6.03. The summed E-state index contributed by atoms with van der Waals surface area (Å²) in [6.45, 7) is 5.90. The predicted molar refractivity (Wildman–Crippen MR) is 96.8 cm³/mol. The van der Waals surface area contributed by atoms with Crippen LogP contribution in [0.1, 0.15) is 29.9 Å². The number of amides is 2. The molecule has 1 aromatic carbocycles. The fraction of sp³-hybridized carbons (Fsp3) is 0.278. The lowest BCUT2D eigenvalue weighted by Crippen LogP contribution is -2.31. The Morgan fingerprint density at radius 2 is 2.04 bits per heavy atom. The molecule has 0 radical (unpaired) electrons. The minimum Gasteiger partial charge on any atom is -0.331 e. The van der Waals surface area contributed by atoms with Crippen LogP contribution in [0.4, 0.5) is 10.5 Å². The van der Waals surface area contributed by atoms with Crippen molar-refractivity contribution in [2.24, 2.45) is 7.05 Å². The van der Waals surface area contributed by atoms with Crippen LogP contribution in [-0.2, 0) is 7.05 Å². The van der Waals surface area contributed by atoms with Crippen LogP contribution < -0.4 is 10.6 Å². The van der Waals surface area contributed by atoms with Gasteiger partial charge in [-0.1, -0.05) is 6.07 Å². The molecule has 3 rings (SSSR count). The Kier molecular flexibility index (Phi) is 4.56. The Bertz CT molecular complexity index is 881. The first-order valence-electron chi connectivity index (χ1n) is 8.13. The van der Waals surface area contributed by atoms with Crippen molar-refractivity contribution in [3.63, 3.8) is 0 Å². The number of urea groups is 1. The summed E-state index contributed by atoms with van der Waals surface area (Å²) < 4.78 is 3.57. The number of aryl methyl sites for hydroxylation is 2. The van der Waals surface area contributed by atoms with E-state index in [2.05, 4.69) is 20.8 Å². The van der Waals surface area contributed by atoms with Gasteiger partial charge in [0.2, 0.25) is 0 Å². The van der Waals surface area contributed by atoms with Crippen LogP contribution >= 0.6 is 0 Å². The molecular formula is C18H22N6O. The van der Waals surface area contributed by atoms with Gasteiger partial charge in [0, 0.05) is 36.4 Å². The van der Waals surface area contributed by atoms with Crippen LogP contribution in [0.3, 0.4) is 0 Å². The molecule has 130 valence electrons. The van der Waals surface area contributed by atoms with Gasteiger partial charge in [-0.15, -0.1) is 0 Å². The van der Waals surface area contributed by atoms with E-state index in [1.54, 1.807) is 10.9 Å². The van der Waals surface area contributed by atoms with E-state index in [4.69, 9.17) is 0 Å². The topological polar surface area (TPSA) is 76.8 Å². The zero-order valence-corrected chi connectivity index (χ0v) is 14.8. The van der Waals surface area contributed by atoms with Crippen LogP contribution in [0, 0.1) is 13.8 Å². The first-order chi connectivity index (χ1) is 12.0.